The number of hydrogen-bond acceptors (Lipinski definition) is 10. The number of benzene rings is 2. The zero-order chi connectivity index (χ0) is 53.3. The Bertz CT molecular complexity index is 2330. The number of carbonyl (C=O) groups excluding carboxylic acids is 6. The van der Waals surface area contributed by atoms with E-state index in [0.717, 1.165) is 39.8 Å². The number of carbonyl (C=O) groups is 7. The molecule has 0 saturated carbocycles. The summed E-state index contributed by atoms with van der Waals surface area (Å²) in [6, 6.07) is 10.4. The van der Waals surface area contributed by atoms with Crippen LogP contribution in [0.1, 0.15) is 118 Å². The van der Waals surface area contributed by atoms with Gasteiger partial charge in [-0.2, -0.15) is 5.26 Å². The highest BCUT2D eigenvalue weighted by Crippen LogP contribution is 2.26. The first-order valence-corrected chi connectivity index (χ1v) is 24.8. The molecule has 0 aliphatic carbocycles. The van der Waals surface area contributed by atoms with Gasteiger partial charge in [-0.3, -0.25) is 24.0 Å². The van der Waals surface area contributed by atoms with E-state index >= 15 is 9.59 Å². The van der Waals surface area contributed by atoms with Gasteiger partial charge in [0.1, 0.15) is 38.1 Å². The number of esters is 1. The fourth-order valence-corrected chi connectivity index (χ4v) is 8.48. The number of nitrogens with two attached hydrogens (primary N) is 1. The maximum Gasteiger partial charge on any atom is 0.345 e. The minimum absolute atomic E-state index is 0.00438. The molecule has 17 nitrogen and oxygen atoms in total. The van der Waals surface area contributed by atoms with Gasteiger partial charge in [0.2, 0.25) is 29.5 Å². The predicted octanol–water partition coefficient (Wildman–Crippen LogP) is 4.45. The molecule has 0 fully saturated rings. The van der Waals surface area contributed by atoms with Gasteiger partial charge in [-0.25, -0.2) is 9.59 Å². The van der Waals surface area contributed by atoms with Crippen LogP contribution in [0.15, 0.2) is 54.7 Å². The number of carboxylic acids is 1. The minimum atomic E-state index is -1.60. The van der Waals surface area contributed by atoms with Crippen LogP contribution in [0.2, 0.25) is 0 Å². The summed E-state index contributed by atoms with van der Waals surface area (Å²) in [5, 5.41) is 25.3. The van der Waals surface area contributed by atoms with Gasteiger partial charge in [-0.1, -0.05) is 109 Å². The summed E-state index contributed by atoms with van der Waals surface area (Å²) in [7, 11) is 10.4. The number of nitrogens with one attached hydrogen (secondary N) is 2. The molecule has 1 aromatic heterocycles. The summed E-state index contributed by atoms with van der Waals surface area (Å²) < 4.78 is 7.26. The van der Waals surface area contributed by atoms with Gasteiger partial charge in [-0.15, -0.1) is 0 Å². The summed E-state index contributed by atoms with van der Waals surface area (Å²) >= 11 is 0. The van der Waals surface area contributed by atoms with E-state index < -0.39 is 77.9 Å². The van der Waals surface area contributed by atoms with Crippen molar-refractivity contribution in [1.29, 1.82) is 5.26 Å². The summed E-state index contributed by atoms with van der Waals surface area (Å²) in [5.74, 6) is -5.53. The number of amides is 5. The van der Waals surface area contributed by atoms with Crippen molar-refractivity contribution in [2.75, 3.05) is 21.1 Å². The monoisotopic (exact) mass is 981 g/mol. The third-order valence-electron chi connectivity index (χ3n) is 12.7. The Morgan fingerprint density at radius 3 is 1.83 bits per heavy atom. The number of ether oxygens (including phenoxy) is 1. The van der Waals surface area contributed by atoms with Gasteiger partial charge in [-0.05, 0) is 67.6 Å². The van der Waals surface area contributed by atoms with Crippen molar-refractivity contribution in [1.82, 2.24) is 29.9 Å². The number of fused-ring (bicyclic) bond motifs is 1. The molecule has 2 aromatic carbocycles. The van der Waals surface area contributed by atoms with E-state index in [1.807, 2.05) is 114 Å². The largest absolute Gasteiger partial charge is 0.479 e. The second-order valence-electron chi connectivity index (χ2n) is 20.0. The summed E-state index contributed by atoms with van der Waals surface area (Å²) in [4.78, 5) is 101. The van der Waals surface area contributed by atoms with Gasteiger partial charge >= 0.3 is 11.9 Å². The van der Waals surface area contributed by atoms with Crippen molar-refractivity contribution in [2.45, 2.75) is 162 Å². The number of nitriles is 1. The van der Waals surface area contributed by atoms with Crippen LogP contribution in [0.3, 0.4) is 0 Å². The van der Waals surface area contributed by atoms with E-state index in [2.05, 4.69) is 10.6 Å². The molecule has 0 aliphatic heterocycles. The molecular formula is C53H77BN8O9. The van der Waals surface area contributed by atoms with E-state index in [9.17, 15) is 29.1 Å². The van der Waals surface area contributed by atoms with Crippen molar-refractivity contribution in [2.24, 2.45) is 23.5 Å². The Morgan fingerprint density at radius 1 is 0.761 bits per heavy atom. The first kappa shape index (κ1) is 59.1. The molecule has 0 aliphatic rings. The van der Waals surface area contributed by atoms with E-state index in [-0.39, 0.29) is 55.8 Å². The van der Waals surface area contributed by atoms with Gasteiger partial charge in [0, 0.05) is 64.1 Å². The molecule has 5 amide bonds. The Morgan fingerprint density at radius 2 is 1.30 bits per heavy atom. The molecule has 386 valence electrons. The van der Waals surface area contributed by atoms with Crippen molar-refractivity contribution in [3.63, 3.8) is 0 Å². The highest BCUT2D eigenvalue weighted by atomic mass is 16.6. The van der Waals surface area contributed by atoms with Crippen LogP contribution in [-0.2, 0) is 51.3 Å². The normalized spacial score (nSPS) is 14.4. The topological polar surface area (TPSA) is 237 Å². The molecule has 0 bridgehead atoms. The van der Waals surface area contributed by atoms with Gasteiger partial charge in [0.25, 0.3) is 0 Å². The first-order chi connectivity index (χ1) is 33.4. The Balaban J connectivity index is 2.12. The van der Waals surface area contributed by atoms with E-state index in [0.29, 0.717) is 24.8 Å². The fraction of sp³-hybridized carbons (Fsp3) is 0.585. The van der Waals surface area contributed by atoms with Crippen molar-refractivity contribution in [3.05, 3.63) is 65.9 Å². The number of nitrogens with zero attached hydrogens (tertiary/aromatic N) is 5. The molecule has 3 rings (SSSR count). The molecule has 2 radical (unpaired) electrons. The molecule has 1 heterocycles. The fourth-order valence-electron chi connectivity index (χ4n) is 8.48. The molecule has 0 saturated heterocycles. The third kappa shape index (κ3) is 17.3. The number of para-hydroxylation sites is 1. The van der Waals surface area contributed by atoms with Crippen molar-refractivity contribution < 1.29 is 43.4 Å². The molecule has 3 aromatic rings. The summed E-state index contributed by atoms with van der Waals surface area (Å²) in [6.45, 7) is 15.2. The van der Waals surface area contributed by atoms with Crippen LogP contribution >= 0.6 is 0 Å². The second-order valence-corrected chi connectivity index (χ2v) is 20.0. The van der Waals surface area contributed by atoms with Crippen LogP contribution in [0, 0.1) is 29.1 Å². The Labute approximate surface area is 421 Å². The summed E-state index contributed by atoms with van der Waals surface area (Å²) in [6.07, 6.45) is 2.56. The van der Waals surface area contributed by atoms with Crippen molar-refractivity contribution in [3.8, 4) is 6.07 Å². The third-order valence-corrected chi connectivity index (χ3v) is 12.7. The van der Waals surface area contributed by atoms with Crippen LogP contribution in [0.25, 0.3) is 10.9 Å². The highest BCUT2D eigenvalue weighted by molar-refractivity contribution is 6.32. The smallest absolute Gasteiger partial charge is 0.345 e. The molecule has 1 unspecified atom stereocenters. The lowest BCUT2D eigenvalue weighted by molar-refractivity contribution is -0.169. The summed E-state index contributed by atoms with van der Waals surface area (Å²) in [5.41, 5.74) is 9.49. The van der Waals surface area contributed by atoms with Crippen LogP contribution in [0.5, 0.6) is 0 Å². The first-order valence-electron chi connectivity index (χ1n) is 24.8. The standard InChI is InChI=1S/C53H77BN8O9/c1-12-13-18-40(56)49(65)60(10)44(28-34(6)7)47(63)58-42(27-33(4)5)51(67)61(11)45(29-37-31-62(43-19-15-14-17-39(37)43)30-36-21-23-38(54)24-22-36)48(64)57-41(26-32(2)3)50(66)59(9)35(8)53(70)71-46(52(68)69)20-16-25-55/h14-15,17,19,21-24,31-35,40-42,44-46H,12-13,16,18,20,26-30,56H2,1-11H3,(H,57,64)(H,58,63)(H,68,69)/t35-,40-,41-,42-,44-,45?,46+/m0/s1. The molecule has 18 heteroatoms. The van der Waals surface area contributed by atoms with Crippen LogP contribution in [0.4, 0.5) is 0 Å². The lowest BCUT2D eigenvalue weighted by atomic mass is 9.95. The highest BCUT2D eigenvalue weighted by Gasteiger charge is 2.39. The van der Waals surface area contributed by atoms with Crippen molar-refractivity contribution >= 4 is 65.7 Å². The average molecular weight is 981 g/mol. The van der Waals surface area contributed by atoms with E-state index in [4.69, 9.17) is 23.6 Å². The zero-order valence-corrected chi connectivity index (χ0v) is 43.6. The van der Waals surface area contributed by atoms with Gasteiger partial charge in [0.05, 0.1) is 12.1 Å². The quantitative estimate of drug-likeness (QED) is 0.0586. The second kappa shape index (κ2) is 28.0. The number of aromatic nitrogens is 1. The maximum atomic E-state index is 15.1. The zero-order valence-electron chi connectivity index (χ0n) is 43.6. The average Bonchev–Trinajstić information content (AvgIpc) is 3.66. The minimum Gasteiger partial charge on any atom is -0.479 e. The van der Waals surface area contributed by atoms with E-state index in [1.165, 1.54) is 30.8 Å². The lowest BCUT2D eigenvalue weighted by Gasteiger charge is -2.35. The molecule has 0 spiro atoms. The van der Waals surface area contributed by atoms with Crippen LogP contribution in [-0.4, -0.2) is 137 Å². The maximum absolute atomic E-state index is 15.1. The SMILES string of the molecule is [B]c1ccc(Cn2cc(CC(C(=O)N[C@@H](CC(C)C)C(=O)N(C)[C@@H](C)C(=O)O[C@H](CCC#N)C(=O)O)N(C)C(=O)[C@H](CC(C)C)NC(=O)[C@H](CC(C)C)N(C)C(=O)[C@@H](N)CCCC)c3ccccc32)cc1. The number of likely N-dealkylation sites (N-methyl/N-ethyl adjacent to an activating group) is 3. The molecule has 71 heavy (non-hydrogen) atoms. The molecule has 7 atom stereocenters. The number of hydrogen-bond donors (Lipinski definition) is 4. The lowest BCUT2D eigenvalue weighted by Crippen LogP contribution is -2.60. The number of unbranched alkanes of at least 4 members (excludes halogenated alkanes) is 1. The predicted molar refractivity (Wildman–Crippen MR) is 274 cm³/mol. The molecular weight excluding hydrogens is 903 g/mol. The Kier molecular flexibility index (Phi) is 23.3. The number of carboxylic acid groups (broad SMARTS) is 1. The number of aliphatic carboxylic acids is 1. The molecule has 5 N–H and O–H groups in total. The Hall–Kier alpha value is -6.22. The van der Waals surface area contributed by atoms with Crippen LogP contribution < -0.4 is 21.8 Å². The van der Waals surface area contributed by atoms with E-state index in [1.54, 1.807) is 7.05 Å². The van der Waals surface area contributed by atoms with Gasteiger partial charge < -0.3 is 45.5 Å². The number of rotatable bonds is 28. The van der Waals surface area contributed by atoms with Gasteiger partial charge in [0.15, 0.2) is 6.10 Å².